The fraction of sp³-hybridized carbons (Fsp3) is 0.583. The lowest BCUT2D eigenvalue weighted by Gasteiger charge is -2.04. The zero-order valence-electron chi connectivity index (χ0n) is 9.05. The molecule has 0 saturated heterocycles. The van der Waals surface area contributed by atoms with Crippen LogP contribution < -0.4 is 5.56 Å². The van der Waals surface area contributed by atoms with Crippen LogP contribution in [-0.4, -0.2) is 4.98 Å². The van der Waals surface area contributed by atoms with E-state index in [4.69, 9.17) is 0 Å². The minimum atomic E-state index is 0.00589. The highest BCUT2D eigenvalue weighted by Crippen LogP contribution is 2.08. The fourth-order valence-electron chi connectivity index (χ4n) is 1.51. The van der Waals surface area contributed by atoms with Crippen molar-refractivity contribution in [3.63, 3.8) is 0 Å². The summed E-state index contributed by atoms with van der Waals surface area (Å²) in [7, 11) is 0. The van der Waals surface area contributed by atoms with E-state index in [1.54, 1.807) is 6.07 Å². The SMILES string of the molecule is CC(C)CCCCc1cccc(=O)[nH]1. The summed E-state index contributed by atoms with van der Waals surface area (Å²) in [6.45, 7) is 4.48. The van der Waals surface area contributed by atoms with E-state index in [-0.39, 0.29) is 5.56 Å². The zero-order chi connectivity index (χ0) is 10.4. The molecule has 2 heteroatoms. The topological polar surface area (TPSA) is 32.9 Å². The maximum atomic E-state index is 11.0. The first kappa shape index (κ1) is 11.0. The molecule has 0 aromatic carbocycles. The van der Waals surface area contributed by atoms with Gasteiger partial charge in [-0.1, -0.05) is 32.8 Å². The van der Waals surface area contributed by atoms with Gasteiger partial charge in [-0.2, -0.15) is 0 Å². The Balaban J connectivity index is 2.28. The van der Waals surface area contributed by atoms with Gasteiger partial charge < -0.3 is 4.98 Å². The van der Waals surface area contributed by atoms with Crippen LogP contribution in [0.4, 0.5) is 0 Å². The molecule has 0 amide bonds. The highest BCUT2D eigenvalue weighted by molar-refractivity contribution is 5.03. The minimum absolute atomic E-state index is 0.00589. The van der Waals surface area contributed by atoms with Crippen molar-refractivity contribution in [2.45, 2.75) is 39.5 Å². The number of nitrogens with one attached hydrogen (secondary N) is 1. The maximum Gasteiger partial charge on any atom is 0.248 e. The Morgan fingerprint density at radius 3 is 2.71 bits per heavy atom. The molecule has 0 radical (unpaired) electrons. The number of unbranched alkanes of at least 4 members (excludes halogenated alkanes) is 1. The first-order valence-electron chi connectivity index (χ1n) is 5.36. The molecule has 78 valence electrons. The lowest BCUT2D eigenvalue weighted by atomic mass is 10.0. The van der Waals surface area contributed by atoms with Gasteiger partial charge >= 0.3 is 0 Å². The Morgan fingerprint density at radius 1 is 1.29 bits per heavy atom. The number of H-pyrrole nitrogens is 1. The van der Waals surface area contributed by atoms with E-state index < -0.39 is 0 Å². The highest BCUT2D eigenvalue weighted by Gasteiger charge is 1.96. The molecule has 0 aliphatic carbocycles. The fourth-order valence-corrected chi connectivity index (χ4v) is 1.51. The van der Waals surface area contributed by atoms with E-state index in [2.05, 4.69) is 18.8 Å². The zero-order valence-corrected chi connectivity index (χ0v) is 9.05. The summed E-state index contributed by atoms with van der Waals surface area (Å²) >= 11 is 0. The van der Waals surface area contributed by atoms with Gasteiger partial charge in [-0.15, -0.1) is 0 Å². The van der Waals surface area contributed by atoms with Gasteiger partial charge in [0.05, 0.1) is 0 Å². The van der Waals surface area contributed by atoms with Crippen LogP contribution in [0.5, 0.6) is 0 Å². The highest BCUT2D eigenvalue weighted by atomic mass is 16.1. The number of pyridine rings is 1. The van der Waals surface area contributed by atoms with E-state index in [9.17, 15) is 4.79 Å². The van der Waals surface area contributed by atoms with Gasteiger partial charge in [-0.05, 0) is 24.8 Å². The molecule has 0 atom stereocenters. The van der Waals surface area contributed by atoms with Gasteiger partial charge in [0, 0.05) is 11.8 Å². The number of rotatable bonds is 5. The summed E-state index contributed by atoms with van der Waals surface area (Å²) in [5.74, 6) is 0.782. The van der Waals surface area contributed by atoms with Crippen LogP contribution in [0.2, 0.25) is 0 Å². The van der Waals surface area contributed by atoms with Crippen molar-refractivity contribution in [3.05, 3.63) is 34.2 Å². The second-order valence-electron chi connectivity index (χ2n) is 4.18. The first-order valence-corrected chi connectivity index (χ1v) is 5.36. The van der Waals surface area contributed by atoms with Crippen molar-refractivity contribution in [1.82, 2.24) is 4.98 Å². The van der Waals surface area contributed by atoms with Gasteiger partial charge in [-0.25, -0.2) is 0 Å². The van der Waals surface area contributed by atoms with Crippen molar-refractivity contribution >= 4 is 0 Å². The molecule has 0 unspecified atom stereocenters. The first-order chi connectivity index (χ1) is 6.68. The van der Waals surface area contributed by atoms with Gasteiger partial charge in [0.15, 0.2) is 0 Å². The largest absolute Gasteiger partial charge is 0.326 e. The van der Waals surface area contributed by atoms with Crippen LogP contribution in [0.3, 0.4) is 0 Å². The number of aryl methyl sites for hydroxylation is 1. The summed E-state index contributed by atoms with van der Waals surface area (Å²) in [6, 6.07) is 5.35. The third-order valence-corrected chi connectivity index (χ3v) is 2.31. The standard InChI is InChI=1S/C12H19NO/c1-10(2)6-3-4-7-11-8-5-9-12(14)13-11/h5,8-10H,3-4,6-7H2,1-2H3,(H,13,14). The van der Waals surface area contributed by atoms with Crippen LogP contribution in [0, 0.1) is 5.92 Å². The molecular weight excluding hydrogens is 174 g/mol. The van der Waals surface area contributed by atoms with Crippen molar-refractivity contribution in [2.75, 3.05) is 0 Å². The van der Waals surface area contributed by atoms with E-state index in [0.29, 0.717) is 0 Å². The molecule has 1 aromatic heterocycles. The lowest BCUT2D eigenvalue weighted by Crippen LogP contribution is -2.06. The maximum absolute atomic E-state index is 11.0. The predicted octanol–water partition coefficient (Wildman–Crippen LogP) is 2.74. The van der Waals surface area contributed by atoms with Crippen molar-refractivity contribution in [2.24, 2.45) is 5.92 Å². The summed E-state index contributed by atoms with van der Waals surface area (Å²) in [5.41, 5.74) is 1.06. The average molecular weight is 193 g/mol. The predicted molar refractivity (Wildman–Crippen MR) is 59.5 cm³/mol. The molecule has 0 bridgehead atoms. The Bertz CT molecular complexity index is 314. The third-order valence-electron chi connectivity index (χ3n) is 2.31. The second-order valence-corrected chi connectivity index (χ2v) is 4.18. The lowest BCUT2D eigenvalue weighted by molar-refractivity contribution is 0.536. The van der Waals surface area contributed by atoms with Gasteiger partial charge in [0.1, 0.15) is 0 Å². The van der Waals surface area contributed by atoms with Crippen LogP contribution in [-0.2, 0) is 6.42 Å². The molecule has 0 saturated carbocycles. The Hall–Kier alpha value is -1.05. The second kappa shape index (κ2) is 5.63. The summed E-state index contributed by atoms with van der Waals surface area (Å²) < 4.78 is 0. The summed E-state index contributed by atoms with van der Waals surface area (Å²) in [4.78, 5) is 13.8. The third kappa shape index (κ3) is 4.26. The monoisotopic (exact) mass is 193 g/mol. The molecule has 1 N–H and O–H groups in total. The van der Waals surface area contributed by atoms with Crippen molar-refractivity contribution < 1.29 is 0 Å². The van der Waals surface area contributed by atoms with E-state index >= 15 is 0 Å². The minimum Gasteiger partial charge on any atom is -0.326 e. The van der Waals surface area contributed by atoms with Crippen molar-refractivity contribution in [3.8, 4) is 0 Å². The molecule has 0 spiro atoms. The molecule has 0 aliphatic heterocycles. The normalized spacial score (nSPS) is 10.8. The molecule has 14 heavy (non-hydrogen) atoms. The van der Waals surface area contributed by atoms with Gasteiger partial charge in [0.2, 0.25) is 5.56 Å². The van der Waals surface area contributed by atoms with Crippen LogP contribution >= 0.6 is 0 Å². The van der Waals surface area contributed by atoms with E-state index in [1.165, 1.54) is 12.8 Å². The quantitative estimate of drug-likeness (QED) is 0.717. The van der Waals surface area contributed by atoms with Gasteiger partial charge in [-0.3, -0.25) is 4.79 Å². The smallest absolute Gasteiger partial charge is 0.248 e. The average Bonchev–Trinajstić information content (AvgIpc) is 2.12. The number of aromatic nitrogens is 1. The molecule has 1 heterocycles. The van der Waals surface area contributed by atoms with Crippen LogP contribution in [0.15, 0.2) is 23.0 Å². The Labute approximate surface area is 85.4 Å². The number of hydrogen-bond acceptors (Lipinski definition) is 1. The Morgan fingerprint density at radius 2 is 2.07 bits per heavy atom. The van der Waals surface area contributed by atoms with E-state index in [1.807, 2.05) is 12.1 Å². The molecule has 2 nitrogen and oxygen atoms in total. The summed E-state index contributed by atoms with van der Waals surface area (Å²) in [6.07, 6.45) is 4.67. The van der Waals surface area contributed by atoms with Crippen molar-refractivity contribution in [1.29, 1.82) is 0 Å². The molecule has 1 aromatic rings. The molecule has 0 fully saturated rings. The van der Waals surface area contributed by atoms with E-state index in [0.717, 1.165) is 24.5 Å². The molecular formula is C12H19NO. The molecule has 1 rings (SSSR count). The summed E-state index contributed by atoms with van der Waals surface area (Å²) in [5, 5.41) is 0. The number of hydrogen-bond donors (Lipinski definition) is 1. The van der Waals surface area contributed by atoms with Crippen LogP contribution in [0.1, 0.15) is 38.8 Å². The number of aromatic amines is 1. The Kier molecular flexibility index (Phi) is 4.44. The molecule has 0 aliphatic rings. The van der Waals surface area contributed by atoms with Gasteiger partial charge in [0.25, 0.3) is 0 Å². The van der Waals surface area contributed by atoms with Crippen LogP contribution in [0.25, 0.3) is 0 Å².